The molecule has 2 heterocycles. The Morgan fingerprint density at radius 2 is 2.14 bits per heavy atom. The molecule has 5 heteroatoms. The van der Waals surface area contributed by atoms with E-state index in [0.29, 0.717) is 10.4 Å². The number of hydrogen-bond donors (Lipinski definition) is 1. The lowest BCUT2D eigenvalue weighted by molar-refractivity contribution is 0.594. The average molecular weight is 213 g/mol. The number of nitrogens with one attached hydrogen (secondary N) is 1. The van der Waals surface area contributed by atoms with Gasteiger partial charge in [0.25, 0.3) is 0 Å². The maximum atomic E-state index is 12.6. The first-order valence-electron chi connectivity index (χ1n) is 4.39. The third kappa shape index (κ3) is 1.98. The summed E-state index contributed by atoms with van der Waals surface area (Å²) in [6, 6.07) is 1.39. The monoisotopic (exact) mass is 213 g/mol. The van der Waals surface area contributed by atoms with E-state index < -0.39 is 5.95 Å². The third-order valence-electron chi connectivity index (χ3n) is 1.64. The number of nitrogens with zero attached hydrogens (tertiary/aromatic N) is 2. The highest BCUT2D eigenvalue weighted by molar-refractivity contribution is 7.71. The van der Waals surface area contributed by atoms with Crippen LogP contribution in [0.25, 0.3) is 11.0 Å². The molecule has 2 rings (SSSR count). The Hall–Kier alpha value is -1.23. The molecule has 0 fully saturated rings. The predicted molar refractivity (Wildman–Crippen MR) is 57.2 cm³/mol. The van der Waals surface area contributed by atoms with E-state index in [4.69, 9.17) is 12.2 Å². The van der Waals surface area contributed by atoms with Crippen LogP contribution in [-0.2, 0) is 7.05 Å². The molecule has 0 atom stereocenters. The first-order chi connectivity index (χ1) is 6.66. The fourth-order valence-corrected chi connectivity index (χ4v) is 1.20. The van der Waals surface area contributed by atoms with Crippen LogP contribution in [0.5, 0.6) is 0 Å². The van der Waals surface area contributed by atoms with Gasteiger partial charge in [-0.05, 0) is 12.2 Å². The molecule has 0 aliphatic rings. The summed E-state index contributed by atoms with van der Waals surface area (Å²) in [7, 11) is 1.78. The largest absolute Gasteiger partial charge is 0.326 e. The van der Waals surface area contributed by atoms with Crippen LogP contribution in [0.4, 0.5) is 4.39 Å². The second-order valence-electron chi connectivity index (χ2n) is 2.56. The van der Waals surface area contributed by atoms with Crippen molar-refractivity contribution in [2.24, 2.45) is 7.05 Å². The molecule has 0 amide bonds. The Morgan fingerprint density at radius 3 is 2.79 bits per heavy atom. The molecule has 0 spiro atoms. The van der Waals surface area contributed by atoms with Gasteiger partial charge in [-0.1, -0.05) is 13.8 Å². The molecule has 0 radical (unpaired) electrons. The summed E-state index contributed by atoms with van der Waals surface area (Å²) in [4.78, 5) is 6.45. The number of aromatic amines is 1. The van der Waals surface area contributed by atoms with Crippen molar-refractivity contribution in [3.63, 3.8) is 0 Å². The van der Waals surface area contributed by atoms with Gasteiger partial charge in [-0.15, -0.1) is 0 Å². The lowest BCUT2D eigenvalue weighted by Crippen LogP contribution is -1.93. The van der Waals surface area contributed by atoms with Gasteiger partial charge in [0.2, 0.25) is 4.77 Å². The van der Waals surface area contributed by atoms with Crippen LogP contribution < -0.4 is 0 Å². The summed E-state index contributed by atoms with van der Waals surface area (Å²) in [5.74, 6) is -0.391. The zero-order chi connectivity index (χ0) is 10.7. The molecule has 0 saturated carbocycles. The molecule has 0 unspecified atom stereocenters. The van der Waals surface area contributed by atoms with Gasteiger partial charge in [0.15, 0.2) is 5.95 Å². The van der Waals surface area contributed by atoms with Crippen molar-refractivity contribution in [3.8, 4) is 0 Å². The quantitative estimate of drug-likeness (QED) is 0.683. The lowest BCUT2D eigenvalue weighted by atomic mass is 10.4. The Morgan fingerprint density at radius 1 is 1.50 bits per heavy atom. The zero-order valence-electron chi connectivity index (χ0n) is 8.34. The summed E-state index contributed by atoms with van der Waals surface area (Å²) in [6.45, 7) is 4.00. The van der Waals surface area contributed by atoms with Crippen LogP contribution in [0.15, 0.2) is 12.3 Å². The first kappa shape index (κ1) is 10.8. The molecule has 0 saturated heterocycles. The van der Waals surface area contributed by atoms with Gasteiger partial charge in [0.1, 0.15) is 5.65 Å². The number of aromatic nitrogens is 3. The van der Waals surface area contributed by atoms with Crippen molar-refractivity contribution in [1.29, 1.82) is 0 Å². The zero-order valence-corrected chi connectivity index (χ0v) is 9.15. The average Bonchev–Trinajstić information content (AvgIpc) is 2.49. The topological polar surface area (TPSA) is 33.6 Å². The minimum Gasteiger partial charge on any atom is -0.326 e. The van der Waals surface area contributed by atoms with Crippen LogP contribution in [0.3, 0.4) is 0 Å². The van der Waals surface area contributed by atoms with Gasteiger partial charge in [-0.25, -0.2) is 4.98 Å². The summed E-state index contributed by atoms with van der Waals surface area (Å²) >= 11 is 4.90. The van der Waals surface area contributed by atoms with Crippen LogP contribution in [-0.4, -0.2) is 14.5 Å². The minimum atomic E-state index is -0.391. The molecule has 2 aromatic heterocycles. The van der Waals surface area contributed by atoms with E-state index in [-0.39, 0.29) is 0 Å². The van der Waals surface area contributed by atoms with E-state index >= 15 is 0 Å². The number of H-pyrrole nitrogens is 1. The van der Waals surface area contributed by atoms with Gasteiger partial charge in [-0.3, -0.25) is 0 Å². The smallest absolute Gasteiger partial charge is 0.201 e. The van der Waals surface area contributed by atoms with Gasteiger partial charge in [0, 0.05) is 24.7 Å². The Labute approximate surface area is 86.6 Å². The predicted octanol–water partition coefficient (Wildman–Crippen LogP) is 2.80. The van der Waals surface area contributed by atoms with Crippen LogP contribution >= 0.6 is 12.2 Å². The summed E-state index contributed by atoms with van der Waals surface area (Å²) < 4.78 is 14.8. The van der Waals surface area contributed by atoms with Crippen molar-refractivity contribution in [3.05, 3.63) is 23.0 Å². The van der Waals surface area contributed by atoms with Crippen molar-refractivity contribution < 1.29 is 4.39 Å². The molecule has 0 aliphatic carbocycles. The highest BCUT2D eigenvalue weighted by Crippen LogP contribution is 2.10. The molecular weight excluding hydrogens is 201 g/mol. The van der Waals surface area contributed by atoms with E-state index in [2.05, 4.69) is 9.97 Å². The molecule has 14 heavy (non-hydrogen) atoms. The lowest BCUT2D eigenvalue weighted by Gasteiger charge is -1.95. The van der Waals surface area contributed by atoms with Crippen molar-refractivity contribution in [2.75, 3.05) is 0 Å². The van der Waals surface area contributed by atoms with Crippen molar-refractivity contribution in [1.82, 2.24) is 14.5 Å². The summed E-state index contributed by atoms with van der Waals surface area (Å²) in [5, 5.41) is 0.726. The van der Waals surface area contributed by atoms with Crippen LogP contribution in [0, 0.1) is 10.7 Å². The third-order valence-corrected chi connectivity index (χ3v) is 2.01. The highest BCUT2D eigenvalue weighted by atomic mass is 32.1. The number of hydrogen-bond acceptors (Lipinski definition) is 2. The van der Waals surface area contributed by atoms with E-state index in [9.17, 15) is 4.39 Å². The highest BCUT2D eigenvalue weighted by Gasteiger charge is 2.00. The molecule has 0 aliphatic heterocycles. The molecule has 0 bridgehead atoms. The number of rotatable bonds is 0. The van der Waals surface area contributed by atoms with Crippen LogP contribution in [0.1, 0.15) is 13.8 Å². The Kier molecular flexibility index (Phi) is 3.35. The minimum absolute atomic E-state index is 0.391. The molecular formula is C9H12FN3S. The first-order valence-corrected chi connectivity index (χ1v) is 4.79. The molecule has 2 aromatic rings. The van der Waals surface area contributed by atoms with E-state index in [1.807, 2.05) is 13.8 Å². The SMILES string of the molecule is CC.Cn1cc2cc(F)[nH]c2nc1=S. The van der Waals surface area contributed by atoms with E-state index in [1.54, 1.807) is 17.8 Å². The van der Waals surface area contributed by atoms with Gasteiger partial charge < -0.3 is 9.55 Å². The van der Waals surface area contributed by atoms with E-state index in [0.717, 1.165) is 5.39 Å². The molecule has 76 valence electrons. The summed E-state index contributed by atoms with van der Waals surface area (Å²) in [6.07, 6.45) is 1.74. The fraction of sp³-hybridized carbons (Fsp3) is 0.333. The Bertz CT molecular complexity index is 486. The maximum absolute atomic E-state index is 12.6. The second-order valence-corrected chi connectivity index (χ2v) is 2.92. The molecule has 0 aromatic carbocycles. The molecule has 1 N–H and O–H groups in total. The number of fused-ring (bicyclic) bond motifs is 1. The molecule has 3 nitrogen and oxygen atoms in total. The van der Waals surface area contributed by atoms with Crippen molar-refractivity contribution >= 4 is 23.3 Å². The Balaban J connectivity index is 0.000000461. The summed E-state index contributed by atoms with van der Waals surface area (Å²) in [5.41, 5.74) is 0.496. The fourth-order valence-electron chi connectivity index (χ4n) is 1.06. The van der Waals surface area contributed by atoms with Gasteiger partial charge >= 0.3 is 0 Å². The van der Waals surface area contributed by atoms with E-state index in [1.165, 1.54) is 6.07 Å². The second kappa shape index (κ2) is 4.32. The number of aryl methyl sites for hydroxylation is 1. The number of halogens is 1. The van der Waals surface area contributed by atoms with Gasteiger partial charge in [0.05, 0.1) is 0 Å². The van der Waals surface area contributed by atoms with Gasteiger partial charge in [-0.2, -0.15) is 4.39 Å². The van der Waals surface area contributed by atoms with Crippen LogP contribution in [0.2, 0.25) is 0 Å². The maximum Gasteiger partial charge on any atom is 0.201 e. The standard InChI is InChI=1S/C7H6FN3S.C2H6/c1-11-3-4-2-5(8)9-6(4)10-7(11)12;1-2/h2-3H,1H3,(H,9,10,12);1-2H3. The normalized spacial score (nSPS) is 9.71. The van der Waals surface area contributed by atoms with Crippen molar-refractivity contribution in [2.45, 2.75) is 13.8 Å².